The van der Waals surface area contributed by atoms with Crippen LogP contribution in [0.2, 0.25) is 0 Å². The van der Waals surface area contributed by atoms with E-state index in [2.05, 4.69) is 0 Å². The van der Waals surface area contributed by atoms with Gasteiger partial charge >= 0.3 is 23.9 Å². The van der Waals surface area contributed by atoms with Gasteiger partial charge < -0.3 is 67.1 Å². The van der Waals surface area contributed by atoms with Crippen LogP contribution >= 0.6 is 0 Å². The Kier molecular flexibility index (Phi) is 20.9. The summed E-state index contributed by atoms with van der Waals surface area (Å²) in [7, 11) is 0. The van der Waals surface area contributed by atoms with Gasteiger partial charge in [0.2, 0.25) is 23.6 Å². The van der Waals surface area contributed by atoms with Gasteiger partial charge in [-0.3, -0.25) is 4.79 Å². The van der Waals surface area contributed by atoms with Gasteiger partial charge in [-0.25, -0.2) is 19.2 Å². The summed E-state index contributed by atoms with van der Waals surface area (Å²) in [5.74, 6) is -3.46. The Morgan fingerprint density at radius 3 is 1.53 bits per heavy atom. The lowest BCUT2D eigenvalue weighted by atomic mass is 9.97. The zero-order chi connectivity index (χ0) is 57.1. The van der Waals surface area contributed by atoms with Gasteiger partial charge in [-0.2, -0.15) is 0 Å². The minimum absolute atomic E-state index is 0.0413. The van der Waals surface area contributed by atoms with Crippen LogP contribution in [0.25, 0.3) is 22.3 Å². The molecular formula is C62H62O19. The molecule has 19 nitrogen and oxygen atoms in total. The highest BCUT2D eigenvalue weighted by Crippen LogP contribution is 2.41. The topological polar surface area (TPSA) is 251 Å². The van der Waals surface area contributed by atoms with Crippen molar-refractivity contribution in [1.29, 1.82) is 0 Å². The Balaban J connectivity index is 1.29. The van der Waals surface area contributed by atoms with E-state index < -0.39 is 66.6 Å². The first-order valence-corrected chi connectivity index (χ1v) is 26.4. The lowest BCUT2D eigenvalue weighted by molar-refractivity contribution is -0.275. The minimum Gasteiger partial charge on any atom is -0.492 e. The minimum atomic E-state index is -1.82. The van der Waals surface area contributed by atoms with Crippen molar-refractivity contribution in [3.05, 3.63) is 184 Å². The van der Waals surface area contributed by atoms with Gasteiger partial charge in [0, 0.05) is 56.8 Å². The van der Waals surface area contributed by atoms with E-state index in [9.17, 15) is 34.5 Å². The number of rotatable bonds is 27. The van der Waals surface area contributed by atoms with Gasteiger partial charge in [-0.05, 0) is 72.6 Å². The SMILES string of the molecule is CC(C)COc1c(-c2ccc(OCCCO)c(OCCCO)c2)oc2cc(O[C@@H]3OC(COC(=O)c4ccccc4)[C@@H](OC(=O)c4ccccc4)C(OC(=O)c4ccccc4)[C@@H]3OC(=O)c3ccccc3)cc(OCCCO)c2c1=O. The summed E-state index contributed by atoms with van der Waals surface area (Å²) >= 11 is 0. The highest BCUT2D eigenvalue weighted by Gasteiger charge is 2.54. The van der Waals surface area contributed by atoms with Crippen LogP contribution in [-0.4, -0.2) is 123 Å². The molecule has 7 aromatic rings. The molecule has 1 aromatic heterocycles. The Labute approximate surface area is 466 Å². The second-order valence-electron chi connectivity index (χ2n) is 18.9. The number of fused-ring (bicyclic) bond motifs is 1. The van der Waals surface area contributed by atoms with Crippen LogP contribution in [0.4, 0.5) is 0 Å². The maximum absolute atomic E-state index is 15.0. The van der Waals surface area contributed by atoms with E-state index in [0.29, 0.717) is 24.2 Å². The van der Waals surface area contributed by atoms with Crippen molar-refractivity contribution in [2.75, 3.05) is 52.9 Å². The van der Waals surface area contributed by atoms with Crippen molar-refractivity contribution < 1.29 is 86.3 Å². The lowest BCUT2D eigenvalue weighted by Crippen LogP contribution is -2.63. The first-order chi connectivity index (χ1) is 39.5. The zero-order valence-corrected chi connectivity index (χ0v) is 44.5. The molecule has 8 rings (SSSR count). The number of esters is 4. The molecule has 1 fully saturated rings. The monoisotopic (exact) mass is 1110 g/mol. The van der Waals surface area contributed by atoms with E-state index >= 15 is 4.79 Å². The van der Waals surface area contributed by atoms with Crippen molar-refractivity contribution in [1.82, 2.24) is 0 Å². The van der Waals surface area contributed by atoms with Crippen molar-refractivity contribution in [2.24, 2.45) is 5.92 Å². The standard InChI is InChI=1S/C62H62O19/c1-39(2)37-74-55-52(66)51-48(73-33-17-30-65)35-45(36-49(51)77-53(55)44-26-27-46(71-31-15-28-63)47(34-44)72-32-16-29-64)76-62-57(81-61(70)43-24-13-6-14-25-43)56(80-60(69)42-22-11-5-12-23-42)54(79-59(68)41-20-9-4-10-21-41)50(78-62)38-75-58(67)40-18-7-3-8-19-40/h3-14,18-27,34-36,39,50,54,56-57,62-65H,15-17,28-33,37-38H2,1-2H3/t50?,54-,56?,57+,62-/m1/s1. The third kappa shape index (κ3) is 15.3. The molecule has 0 saturated carbocycles. The van der Waals surface area contributed by atoms with Crippen molar-refractivity contribution in [3.63, 3.8) is 0 Å². The molecule has 1 aliphatic heterocycles. The Hall–Kier alpha value is -8.75. The number of benzene rings is 6. The third-order valence-corrected chi connectivity index (χ3v) is 12.3. The van der Waals surface area contributed by atoms with E-state index in [1.807, 2.05) is 13.8 Å². The fourth-order valence-electron chi connectivity index (χ4n) is 8.37. The zero-order valence-electron chi connectivity index (χ0n) is 44.5. The second kappa shape index (κ2) is 28.9. The molecule has 1 saturated heterocycles. The van der Waals surface area contributed by atoms with Gasteiger partial charge in [0.15, 0.2) is 29.5 Å². The number of carbonyl (C=O) groups excluding carboxylic acids is 4. The summed E-state index contributed by atoms with van der Waals surface area (Å²) in [5.41, 5.74) is -0.0328. The molecule has 3 N–H and O–H groups in total. The van der Waals surface area contributed by atoms with E-state index in [1.54, 1.807) is 91.0 Å². The number of hydrogen-bond acceptors (Lipinski definition) is 19. The molecule has 5 atom stereocenters. The number of aliphatic hydroxyl groups excluding tert-OH is 3. The third-order valence-electron chi connectivity index (χ3n) is 12.3. The molecule has 2 heterocycles. The molecule has 0 aliphatic carbocycles. The lowest BCUT2D eigenvalue weighted by Gasteiger charge is -2.44. The molecule has 2 unspecified atom stereocenters. The molecule has 0 radical (unpaired) electrons. The first-order valence-electron chi connectivity index (χ1n) is 26.4. The largest absolute Gasteiger partial charge is 0.492 e. The predicted octanol–water partition coefficient (Wildman–Crippen LogP) is 8.42. The van der Waals surface area contributed by atoms with Crippen LogP contribution in [0.3, 0.4) is 0 Å². The fourth-order valence-corrected chi connectivity index (χ4v) is 8.37. The smallest absolute Gasteiger partial charge is 0.338 e. The summed E-state index contributed by atoms with van der Waals surface area (Å²) in [6, 6.07) is 39.3. The molecule has 81 heavy (non-hydrogen) atoms. The normalized spacial score (nSPS) is 16.7. The Bertz CT molecular complexity index is 3240. The van der Waals surface area contributed by atoms with Crippen molar-refractivity contribution >= 4 is 34.8 Å². The molecule has 1 aliphatic rings. The van der Waals surface area contributed by atoms with Gasteiger partial charge in [-0.15, -0.1) is 0 Å². The van der Waals surface area contributed by atoms with Gasteiger partial charge in [0.1, 0.15) is 35.2 Å². The van der Waals surface area contributed by atoms with Crippen LogP contribution in [0.1, 0.15) is 74.5 Å². The molecular weight excluding hydrogens is 1050 g/mol. The quantitative estimate of drug-likeness (QED) is 0.0248. The van der Waals surface area contributed by atoms with Crippen LogP contribution in [0.5, 0.6) is 28.7 Å². The van der Waals surface area contributed by atoms with Crippen LogP contribution in [0, 0.1) is 5.92 Å². The maximum atomic E-state index is 15.0. The summed E-state index contributed by atoms with van der Waals surface area (Å²) in [6.45, 7) is 2.90. The number of hydrogen-bond donors (Lipinski definition) is 3. The predicted molar refractivity (Wildman–Crippen MR) is 293 cm³/mol. The van der Waals surface area contributed by atoms with Gasteiger partial charge in [-0.1, -0.05) is 86.6 Å². The van der Waals surface area contributed by atoms with Crippen LogP contribution in [0.15, 0.2) is 161 Å². The van der Waals surface area contributed by atoms with E-state index in [1.165, 1.54) is 60.7 Å². The van der Waals surface area contributed by atoms with E-state index in [-0.39, 0.29) is 121 Å². The average Bonchev–Trinajstić information content (AvgIpc) is 3.59. The summed E-state index contributed by atoms with van der Waals surface area (Å²) in [5, 5.41) is 28.7. The Morgan fingerprint density at radius 1 is 0.531 bits per heavy atom. The van der Waals surface area contributed by atoms with Crippen molar-refractivity contribution in [3.8, 4) is 40.1 Å². The fraction of sp³-hybridized carbons (Fsp3) is 0.306. The van der Waals surface area contributed by atoms with Gasteiger partial charge in [0.25, 0.3) is 0 Å². The maximum Gasteiger partial charge on any atom is 0.338 e. The van der Waals surface area contributed by atoms with E-state index in [4.69, 9.17) is 51.8 Å². The highest BCUT2D eigenvalue weighted by atomic mass is 16.7. The van der Waals surface area contributed by atoms with E-state index in [0.717, 1.165) is 0 Å². The van der Waals surface area contributed by atoms with Crippen molar-refractivity contribution in [2.45, 2.75) is 63.8 Å². The van der Waals surface area contributed by atoms with Gasteiger partial charge in [0.05, 0.1) is 48.7 Å². The molecule has 424 valence electrons. The van der Waals surface area contributed by atoms with Crippen LogP contribution < -0.4 is 29.1 Å². The number of aliphatic hydroxyl groups is 3. The number of carbonyl (C=O) groups is 4. The average molecular weight is 1110 g/mol. The first kappa shape index (κ1) is 58.4. The molecule has 0 spiro atoms. The highest BCUT2D eigenvalue weighted by molar-refractivity contribution is 5.92. The molecule has 0 amide bonds. The molecule has 19 heteroatoms. The summed E-state index contributed by atoms with van der Waals surface area (Å²) < 4.78 is 68.9. The number of ether oxygens (including phenoxy) is 10. The summed E-state index contributed by atoms with van der Waals surface area (Å²) in [4.78, 5) is 71.4. The molecule has 6 aromatic carbocycles. The Morgan fingerprint density at radius 2 is 1.01 bits per heavy atom. The van der Waals surface area contributed by atoms with Crippen LogP contribution in [-0.2, 0) is 23.7 Å². The second-order valence-corrected chi connectivity index (χ2v) is 18.9. The molecule has 0 bridgehead atoms. The summed E-state index contributed by atoms with van der Waals surface area (Å²) in [6.07, 6.45) is -7.82.